The van der Waals surface area contributed by atoms with Crippen LogP contribution in [0.25, 0.3) is 0 Å². The Balaban J connectivity index is 0.864. The zero-order valence-electron chi connectivity index (χ0n) is 32.2. The number of ether oxygens (including phenoxy) is 6. The minimum Gasteiger partial charge on any atom is -0.489 e. The van der Waals surface area contributed by atoms with E-state index in [-0.39, 0.29) is 23.4 Å². The minimum absolute atomic E-state index is 0.135. The quantitative estimate of drug-likeness (QED) is 0.114. The van der Waals surface area contributed by atoms with Crippen molar-refractivity contribution in [3.8, 4) is 23.0 Å². The zero-order valence-corrected chi connectivity index (χ0v) is 32.2. The molecule has 0 aliphatic carbocycles. The van der Waals surface area contributed by atoms with Gasteiger partial charge in [0.05, 0.1) is 13.2 Å². The van der Waals surface area contributed by atoms with E-state index in [4.69, 9.17) is 28.4 Å². The van der Waals surface area contributed by atoms with Gasteiger partial charge in [-0.2, -0.15) is 0 Å². The molecule has 0 aromatic heterocycles. The summed E-state index contributed by atoms with van der Waals surface area (Å²) in [6.07, 6.45) is 6.16. The summed E-state index contributed by atoms with van der Waals surface area (Å²) >= 11 is 0. The van der Waals surface area contributed by atoms with Gasteiger partial charge in [0.15, 0.2) is 12.6 Å². The fourth-order valence-electron chi connectivity index (χ4n) is 7.15. The Bertz CT molecular complexity index is 1740. The third-order valence-corrected chi connectivity index (χ3v) is 10.9. The second kappa shape index (κ2) is 17.1. The highest BCUT2D eigenvalue weighted by atomic mass is 16.7. The van der Waals surface area contributed by atoms with Crippen molar-refractivity contribution in [3.05, 3.63) is 155 Å². The predicted octanol–water partition coefficient (Wildman–Crippen LogP) is 11.3. The van der Waals surface area contributed by atoms with Gasteiger partial charge >= 0.3 is 0 Å². The Labute approximate surface area is 321 Å². The smallest absolute Gasteiger partial charge is 0.199 e. The molecule has 0 spiro atoms. The minimum atomic E-state index is -0.164. The van der Waals surface area contributed by atoms with Crippen LogP contribution in [0.5, 0.6) is 23.0 Å². The maximum atomic E-state index is 6.16. The summed E-state index contributed by atoms with van der Waals surface area (Å²) in [5.41, 5.74) is 6.80. The van der Waals surface area contributed by atoms with E-state index in [1.54, 1.807) is 0 Å². The maximum Gasteiger partial charge on any atom is 0.199 e. The molecule has 0 saturated carbocycles. The highest BCUT2D eigenvalue weighted by Crippen LogP contribution is 2.35. The molecule has 0 N–H and O–H groups in total. The van der Waals surface area contributed by atoms with E-state index in [1.165, 1.54) is 22.3 Å². The summed E-state index contributed by atoms with van der Waals surface area (Å²) in [6, 6.07) is 42.1. The first-order valence-electron chi connectivity index (χ1n) is 19.5. The third-order valence-electron chi connectivity index (χ3n) is 10.9. The van der Waals surface area contributed by atoms with Gasteiger partial charge in [0.25, 0.3) is 0 Å². The first-order chi connectivity index (χ1) is 26.2. The summed E-state index contributed by atoms with van der Waals surface area (Å²) in [5, 5.41) is 0. The standard InChI is InChI=1S/C48H54O6/c1-47(2,39-19-27-43(28-20-39)53-45-9-5-7-31-49-45)37-15-23-41(24-16-37)51-33-35-11-13-36(14-12-35)34-52-42-25-17-38(18-26-42)48(3,4)40-21-29-44(30-22-40)54-46-10-6-8-32-50-46/h11-30,45-46H,5-10,31-34H2,1-4H3. The van der Waals surface area contributed by atoms with E-state index in [9.17, 15) is 0 Å². The molecule has 282 valence electrons. The topological polar surface area (TPSA) is 55.4 Å². The maximum absolute atomic E-state index is 6.16. The number of hydrogen-bond donors (Lipinski definition) is 0. The van der Waals surface area contributed by atoms with Gasteiger partial charge in [0, 0.05) is 23.7 Å². The monoisotopic (exact) mass is 726 g/mol. The van der Waals surface area contributed by atoms with Gasteiger partial charge in [0.2, 0.25) is 0 Å². The van der Waals surface area contributed by atoms with Crippen molar-refractivity contribution in [3.63, 3.8) is 0 Å². The largest absolute Gasteiger partial charge is 0.489 e. The second-order valence-electron chi connectivity index (χ2n) is 15.6. The van der Waals surface area contributed by atoms with Crippen LogP contribution in [0.2, 0.25) is 0 Å². The van der Waals surface area contributed by atoms with Gasteiger partial charge < -0.3 is 28.4 Å². The molecule has 0 bridgehead atoms. The fourth-order valence-corrected chi connectivity index (χ4v) is 7.15. The molecule has 5 aromatic carbocycles. The van der Waals surface area contributed by atoms with Crippen LogP contribution in [-0.4, -0.2) is 25.8 Å². The third kappa shape index (κ3) is 9.47. The number of rotatable bonds is 14. The van der Waals surface area contributed by atoms with Gasteiger partial charge in [-0.15, -0.1) is 0 Å². The first kappa shape index (κ1) is 37.5. The van der Waals surface area contributed by atoms with E-state index >= 15 is 0 Å². The molecule has 54 heavy (non-hydrogen) atoms. The Morgan fingerprint density at radius 2 is 0.741 bits per heavy atom. The van der Waals surface area contributed by atoms with E-state index in [1.807, 2.05) is 0 Å². The molecule has 2 heterocycles. The molecule has 6 nitrogen and oxygen atoms in total. The molecule has 2 saturated heterocycles. The van der Waals surface area contributed by atoms with Crippen molar-refractivity contribution in [1.29, 1.82) is 0 Å². The number of benzene rings is 5. The molecule has 6 heteroatoms. The van der Waals surface area contributed by atoms with Crippen LogP contribution in [-0.2, 0) is 33.5 Å². The lowest BCUT2D eigenvalue weighted by Gasteiger charge is -2.27. The lowest BCUT2D eigenvalue weighted by molar-refractivity contribution is -0.106. The van der Waals surface area contributed by atoms with Crippen LogP contribution in [0.1, 0.15) is 99.6 Å². The van der Waals surface area contributed by atoms with Crippen molar-refractivity contribution in [2.75, 3.05) is 13.2 Å². The highest BCUT2D eigenvalue weighted by Gasteiger charge is 2.25. The lowest BCUT2D eigenvalue weighted by atomic mass is 9.78. The van der Waals surface area contributed by atoms with E-state index in [0.717, 1.165) is 85.9 Å². The first-order valence-corrected chi connectivity index (χ1v) is 19.5. The van der Waals surface area contributed by atoms with Crippen LogP contribution in [0.4, 0.5) is 0 Å². The summed E-state index contributed by atoms with van der Waals surface area (Å²) in [4.78, 5) is 0. The Morgan fingerprint density at radius 1 is 0.426 bits per heavy atom. The molecule has 5 aromatic rings. The summed E-state index contributed by atoms with van der Waals surface area (Å²) < 4.78 is 35.8. The Hall–Kier alpha value is -4.78. The molecule has 2 aliphatic rings. The van der Waals surface area contributed by atoms with Gasteiger partial charge in [-0.1, -0.05) is 100 Å². The average Bonchev–Trinajstić information content (AvgIpc) is 3.21. The molecule has 0 radical (unpaired) electrons. The van der Waals surface area contributed by atoms with Crippen LogP contribution >= 0.6 is 0 Å². The average molecular weight is 727 g/mol. The highest BCUT2D eigenvalue weighted by molar-refractivity contribution is 5.43. The molecular weight excluding hydrogens is 673 g/mol. The SMILES string of the molecule is CC(C)(c1ccc(OCc2ccc(COc3ccc(C(C)(C)c4ccc(OC5CCCCO5)cc4)cc3)cc2)cc1)c1ccc(OC2CCCCO2)cc1. The summed E-state index contributed by atoms with van der Waals surface area (Å²) in [7, 11) is 0. The molecule has 7 rings (SSSR count). The van der Waals surface area contributed by atoms with Crippen molar-refractivity contribution in [1.82, 2.24) is 0 Å². The van der Waals surface area contributed by atoms with Crippen LogP contribution < -0.4 is 18.9 Å². The molecule has 2 atom stereocenters. The fraction of sp³-hybridized carbons (Fsp3) is 0.375. The second-order valence-corrected chi connectivity index (χ2v) is 15.6. The van der Waals surface area contributed by atoms with Crippen molar-refractivity contribution >= 4 is 0 Å². The van der Waals surface area contributed by atoms with E-state index < -0.39 is 0 Å². The molecule has 2 aliphatic heterocycles. The van der Waals surface area contributed by atoms with Gasteiger partial charge in [-0.05, 0) is 108 Å². The van der Waals surface area contributed by atoms with Crippen LogP contribution in [0.15, 0.2) is 121 Å². The Kier molecular flexibility index (Phi) is 11.9. The van der Waals surface area contributed by atoms with Crippen LogP contribution in [0.3, 0.4) is 0 Å². The van der Waals surface area contributed by atoms with Crippen LogP contribution in [0, 0.1) is 0 Å². The van der Waals surface area contributed by atoms with E-state index in [2.05, 4.69) is 149 Å². The molecular formula is C48H54O6. The molecule has 2 unspecified atom stereocenters. The van der Waals surface area contributed by atoms with Crippen molar-refractivity contribution in [2.45, 2.75) is 103 Å². The van der Waals surface area contributed by atoms with Gasteiger partial charge in [-0.25, -0.2) is 0 Å². The Morgan fingerprint density at radius 3 is 1.04 bits per heavy atom. The van der Waals surface area contributed by atoms with E-state index in [0.29, 0.717) is 13.2 Å². The summed E-state index contributed by atoms with van der Waals surface area (Å²) in [6.45, 7) is 11.5. The predicted molar refractivity (Wildman–Crippen MR) is 214 cm³/mol. The molecule has 0 amide bonds. The zero-order chi connectivity index (χ0) is 37.4. The normalized spacial score (nSPS) is 17.8. The number of hydrogen-bond acceptors (Lipinski definition) is 6. The van der Waals surface area contributed by atoms with Gasteiger partial charge in [0.1, 0.15) is 36.2 Å². The molecule has 2 fully saturated rings. The van der Waals surface area contributed by atoms with Crippen molar-refractivity contribution in [2.24, 2.45) is 0 Å². The van der Waals surface area contributed by atoms with Gasteiger partial charge in [-0.3, -0.25) is 0 Å². The summed E-state index contributed by atoms with van der Waals surface area (Å²) in [5.74, 6) is 3.40. The van der Waals surface area contributed by atoms with Crippen molar-refractivity contribution < 1.29 is 28.4 Å². The lowest BCUT2D eigenvalue weighted by Crippen LogP contribution is -2.25.